The average Bonchev–Trinajstić information content (AvgIpc) is 3.15. The van der Waals surface area contributed by atoms with E-state index in [-0.39, 0.29) is 12.5 Å². The monoisotopic (exact) mass is 332 g/mol. The first-order chi connectivity index (χ1) is 11.6. The fourth-order valence-corrected chi connectivity index (χ4v) is 2.76. The van der Waals surface area contributed by atoms with Gasteiger partial charge in [0, 0.05) is 25.4 Å². The summed E-state index contributed by atoms with van der Waals surface area (Å²) in [4.78, 5) is 14.2. The molecule has 1 aliphatic rings. The molecule has 128 valence electrons. The minimum atomic E-state index is -0.783. The topological polar surface area (TPSA) is 89.7 Å². The molecule has 0 saturated carbocycles. The van der Waals surface area contributed by atoms with Gasteiger partial charge in [-0.15, -0.1) is 10.2 Å². The molecule has 3 atom stereocenters. The van der Waals surface area contributed by atoms with Gasteiger partial charge in [0.15, 0.2) is 0 Å². The summed E-state index contributed by atoms with van der Waals surface area (Å²) in [7, 11) is 3.18. The van der Waals surface area contributed by atoms with E-state index in [1.165, 1.54) is 12.0 Å². The summed E-state index contributed by atoms with van der Waals surface area (Å²) < 4.78 is 12.4. The SMILES string of the molecule is CO[C@@H]1COC[C@@H](N(C)C(=O)c2ccc(-n3cnnc3)cc2)[C@@H]1O. The predicted octanol–water partition coefficient (Wildman–Crippen LogP) is 0.114. The molecule has 2 aromatic rings. The normalized spacial score (nSPS) is 23.9. The smallest absolute Gasteiger partial charge is 0.254 e. The van der Waals surface area contributed by atoms with Crippen LogP contribution >= 0.6 is 0 Å². The zero-order chi connectivity index (χ0) is 17.1. The highest BCUT2D eigenvalue weighted by molar-refractivity contribution is 5.94. The number of likely N-dealkylation sites (N-methyl/N-ethyl adjacent to an activating group) is 1. The minimum absolute atomic E-state index is 0.185. The van der Waals surface area contributed by atoms with Gasteiger partial charge in [0.2, 0.25) is 0 Å². The van der Waals surface area contributed by atoms with Crippen LogP contribution < -0.4 is 0 Å². The van der Waals surface area contributed by atoms with Crippen LogP contribution in [0.2, 0.25) is 0 Å². The van der Waals surface area contributed by atoms with E-state index in [0.717, 1.165) is 5.69 Å². The van der Waals surface area contributed by atoms with Gasteiger partial charge in [0.25, 0.3) is 5.91 Å². The third-order valence-electron chi connectivity index (χ3n) is 4.30. The minimum Gasteiger partial charge on any atom is -0.388 e. The maximum absolute atomic E-state index is 12.7. The lowest BCUT2D eigenvalue weighted by Crippen LogP contribution is -2.56. The van der Waals surface area contributed by atoms with Crippen LogP contribution in [-0.4, -0.2) is 76.3 Å². The van der Waals surface area contributed by atoms with Gasteiger partial charge < -0.3 is 19.5 Å². The Balaban J connectivity index is 1.73. The molecule has 1 amide bonds. The number of hydrogen-bond donors (Lipinski definition) is 1. The van der Waals surface area contributed by atoms with Crippen molar-refractivity contribution in [3.05, 3.63) is 42.5 Å². The van der Waals surface area contributed by atoms with Gasteiger partial charge in [-0.25, -0.2) is 0 Å². The molecule has 1 N–H and O–H groups in total. The van der Waals surface area contributed by atoms with Crippen molar-refractivity contribution < 1.29 is 19.4 Å². The Kier molecular flexibility index (Phi) is 4.89. The second-order valence-corrected chi connectivity index (χ2v) is 5.70. The standard InChI is InChI=1S/C16H20N4O4/c1-19(13-7-24-8-14(23-2)15(13)21)16(22)11-3-5-12(6-4-11)20-9-17-18-10-20/h3-6,9-10,13-15,21H,7-8H2,1-2H3/t13-,14-,15+/m1/s1. The van der Waals surface area contributed by atoms with Crippen LogP contribution in [0.1, 0.15) is 10.4 Å². The third-order valence-corrected chi connectivity index (χ3v) is 4.30. The van der Waals surface area contributed by atoms with Crippen LogP contribution in [0.4, 0.5) is 0 Å². The molecular formula is C16H20N4O4. The second-order valence-electron chi connectivity index (χ2n) is 5.70. The van der Waals surface area contributed by atoms with Gasteiger partial charge >= 0.3 is 0 Å². The van der Waals surface area contributed by atoms with Crippen LogP contribution in [0, 0.1) is 0 Å². The van der Waals surface area contributed by atoms with Crippen molar-refractivity contribution >= 4 is 5.91 Å². The van der Waals surface area contributed by atoms with Gasteiger partial charge in [-0.2, -0.15) is 0 Å². The zero-order valence-corrected chi connectivity index (χ0v) is 13.6. The number of aliphatic hydroxyl groups is 1. The van der Waals surface area contributed by atoms with Crippen molar-refractivity contribution in [2.75, 3.05) is 27.4 Å². The summed E-state index contributed by atoms with van der Waals surface area (Å²) in [6.45, 7) is 0.603. The predicted molar refractivity (Wildman–Crippen MR) is 84.9 cm³/mol. The fourth-order valence-electron chi connectivity index (χ4n) is 2.76. The van der Waals surface area contributed by atoms with Crippen LogP contribution in [0.3, 0.4) is 0 Å². The number of carbonyl (C=O) groups is 1. The van der Waals surface area contributed by atoms with E-state index < -0.39 is 18.2 Å². The zero-order valence-electron chi connectivity index (χ0n) is 13.6. The number of ether oxygens (including phenoxy) is 2. The molecule has 1 aromatic heterocycles. The summed E-state index contributed by atoms with van der Waals surface area (Å²) in [5.41, 5.74) is 1.39. The lowest BCUT2D eigenvalue weighted by atomic mass is 10.0. The lowest BCUT2D eigenvalue weighted by Gasteiger charge is -2.38. The molecule has 2 heterocycles. The molecule has 1 saturated heterocycles. The molecule has 0 radical (unpaired) electrons. The molecule has 0 spiro atoms. The first kappa shape index (κ1) is 16.6. The number of carbonyl (C=O) groups excluding carboxylic acids is 1. The Morgan fingerprint density at radius 1 is 1.29 bits per heavy atom. The summed E-state index contributed by atoms with van der Waals surface area (Å²) in [6, 6.07) is 6.65. The molecular weight excluding hydrogens is 312 g/mol. The van der Waals surface area contributed by atoms with Crippen LogP contribution in [0.15, 0.2) is 36.9 Å². The first-order valence-electron chi connectivity index (χ1n) is 7.62. The number of aliphatic hydroxyl groups excluding tert-OH is 1. The Morgan fingerprint density at radius 2 is 1.96 bits per heavy atom. The average molecular weight is 332 g/mol. The van der Waals surface area contributed by atoms with Crippen molar-refractivity contribution in [3.8, 4) is 5.69 Å². The van der Waals surface area contributed by atoms with E-state index in [1.54, 1.807) is 36.4 Å². The Bertz CT molecular complexity index is 674. The summed E-state index contributed by atoms with van der Waals surface area (Å²) >= 11 is 0. The van der Waals surface area contributed by atoms with Crippen molar-refractivity contribution in [1.82, 2.24) is 19.7 Å². The van der Waals surface area contributed by atoms with Crippen LogP contribution in [0.25, 0.3) is 5.69 Å². The number of benzene rings is 1. The number of aromatic nitrogens is 3. The van der Waals surface area contributed by atoms with E-state index in [1.807, 2.05) is 12.1 Å². The van der Waals surface area contributed by atoms with E-state index >= 15 is 0 Å². The van der Waals surface area contributed by atoms with E-state index in [9.17, 15) is 9.90 Å². The number of methoxy groups -OCH3 is 1. The van der Waals surface area contributed by atoms with E-state index in [0.29, 0.717) is 12.2 Å². The molecule has 24 heavy (non-hydrogen) atoms. The van der Waals surface area contributed by atoms with Crippen molar-refractivity contribution in [2.24, 2.45) is 0 Å². The lowest BCUT2D eigenvalue weighted by molar-refractivity contribution is -0.135. The summed E-state index contributed by atoms with van der Waals surface area (Å²) in [6.07, 6.45) is 1.96. The fraction of sp³-hybridized carbons (Fsp3) is 0.438. The van der Waals surface area contributed by atoms with E-state index in [2.05, 4.69) is 10.2 Å². The molecule has 0 aliphatic carbocycles. The molecule has 8 heteroatoms. The molecule has 3 rings (SSSR count). The number of amides is 1. The molecule has 1 fully saturated rings. The Labute approximate surface area is 139 Å². The molecule has 1 aliphatic heterocycles. The number of hydrogen-bond acceptors (Lipinski definition) is 6. The van der Waals surface area contributed by atoms with Gasteiger partial charge in [-0.3, -0.25) is 9.36 Å². The van der Waals surface area contributed by atoms with Crippen LogP contribution in [0.5, 0.6) is 0 Å². The van der Waals surface area contributed by atoms with Gasteiger partial charge in [-0.1, -0.05) is 0 Å². The largest absolute Gasteiger partial charge is 0.388 e. The molecule has 1 aromatic carbocycles. The van der Waals surface area contributed by atoms with Crippen LogP contribution in [-0.2, 0) is 9.47 Å². The molecule has 0 bridgehead atoms. The quantitative estimate of drug-likeness (QED) is 0.855. The number of rotatable bonds is 4. The Hall–Kier alpha value is -2.29. The summed E-state index contributed by atoms with van der Waals surface area (Å²) in [5.74, 6) is -0.185. The highest BCUT2D eigenvalue weighted by Crippen LogP contribution is 2.18. The highest BCUT2D eigenvalue weighted by atomic mass is 16.5. The summed E-state index contributed by atoms with van der Waals surface area (Å²) in [5, 5.41) is 17.9. The van der Waals surface area contributed by atoms with Gasteiger partial charge in [-0.05, 0) is 24.3 Å². The number of nitrogens with zero attached hydrogens (tertiary/aromatic N) is 4. The molecule has 0 unspecified atom stereocenters. The van der Waals surface area contributed by atoms with Gasteiger partial charge in [0.1, 0.15) is 24.9 Å². The third kappa shape index (κ3) is 3.16. The van der Waals surface area contributed by atoms with Crippen molar-refractivity contribution in [2.45, 2.75) is 18.2 Å². The van der Waals surface area contributed by atoms with Crippen molar-refractivity contribution in [3.63, 3.8) is 0 Å². The van der Waals surface area contributed by atoms with Gasteiger partial charge in [0.05, 0.1) is 19.3 Å². The maximum atomic E-state index is 12.7. The Morgan fingerprint density at radius 3 is 2.58 bits per heavy atom. The van der Waals surface area contributed by atoms with Crippen molar-refractivity contribution in [1.29, 1.82) is 0 Å². The first-order valence-corrected chi connectivity index (χ1v) is 7.62. The van der Waals surface area contributed by atoms with E-state index in [4.69, 9.17) is 9.47 Å². The second kappa shape index (κ2) is 7.08. The highest BCUT2D eigenvalue weighted by Gasteiger charge is 2.37. The maximum Gasteiger partial charge on any atom is 0.254 e. The molecule has 8 nitrogen and oxygen atoms in total.